The van der Waals surface area contributed by atoms with Gasteiger partial charge in [0.05, 0.1) is 35.2 Å². The van der Waals surface area contributed by atoms with Crippen LogP contribution in [0.15, 0.2) is 61.3 Å². The van der Waals surface area contributed by atoms with Gasteiger partial charge in [-0.15, -0.1) is 0 Å². The second-order valence-corrected chi connectivity index (χ2v) is 9.49. The Morgan fingerprint density at radius 1 is 1.18 bits per heavy atom. The van der Waals surface area contributed by atoms with Crippen molar-refractivity contribution in [1.82, 2.24) is 24.4 Å². The molecule has 196 valence electrons. The number of para-hydroxylation sites is 2. The van der Waals surface area contributed by atoms with Gasteiger partial charge in [0.2, 0.25) is 11.9 Å². The van der Waals surface area contributed by atoms with Crippen molar-refractivity contribution in [3.63, 3.8) is 0 Å². The van der Waals surface area contributed by atoms with Gasteiger partial charge in [-0.25, -0.2) is 15.0 Å². The largest absolute Gasteiger partial charge is 0.494 e. The van der Waals surface area contributed by atoms with Gasteiger partial charge in [-0.2, -0.15) is 0 Å². The van der Waals surface area contributed by atoms with Gasteiger partial charge in [0.1, 0.15) is 11.4 Å². The van der Waals surface area contributed by atoms with E-state index in [2.05, 4.69) is 46.1 Å². The number of amides is 1. The van der Waals surface area contributed by atoms with Gasteiger partial charge in [0, 0.05) is 38.4 Å². The van der Waals surface area contributed by atoms with Gasteiger partial charge in [0.15, 0.2) is 5.82 Å². The molecule has 1 aliphatic heterocycles. The number of fused-ring (bicyclic) bond motifs is 1. The van der Waals surface area contributed by atoms with E-state index in [1.807, 2.05) is 54.1 Å². The van der Waals surface area contributed by atoms with Gasteiger partial charge < -0.3 is 29.7 Å². The third-order valence-electron chi connectivity index (χ3n) is 6.91. The quantitative estimate of drug-likeness (QED) is 0.341. The first kappa shape index (κ1) is 25.2. The highest BCUT2D eigenvalue weighted by atomic mass is 16.5. The van der Waals surface area contributed by atoms with Crippen LogP contribution in [0.3, 0.4) is 0 Å². The van der Waals surface area contributed by atoms with E-state index in [4.69, 9.17) is 14.7 Å². The van der Waals surface area contributed by atoms with Crippen molar-refractivity contribution in [1.29, 1.82) is 0 Å². The van der Waals surface area contributed by atoms with Crippen LogP contribution < -0.4 is 20.3 Å². The topological polar surface area (TPSA) is 100 Å². The highest BCUT2D eigenvalue weighted by Crippen LogP contribution is 2.39. The molecule has 1 atom stereocenters. The Bertz CT molecular complexity index is 1500. The van der Waals surface area contributed by atoms with E-state index in [0.29, 0.717) is 34.8 Å². The van der Waals surface area contributed by atoms with Crippen LogP contribution in [-0.4, -0.2) is 70.7 Å². The van der Waals surface area contributed by atoms with E-state index < -0.39 is 0 Å². The summed E-state index contributed by atoms with van der Waals surface area (Å²) >= 11 is 0. The lowest BCUT2D eigenvalue weighted by Crippen LogP contribution is -2.31. The van der Waals surface area contributed by atoms with Crippen LogP contribution in [0.25, 0.3) is 22.6 Å². The Balaban J connectivity index is 1.50. The lowest BCUT2D eigenvalue weighted by molar-refractivity contribution is -0.111. The molecule has 1 aliphatic rings. The molecular weight excluding hydrogens is 480 g/mol. The summed E-state index contributed by atoms with van der Waals surface area (Å²) in [4.78, 5) is 30.7. The number of benzene rings is 2. The third-order valence-corrected chi connectivity index (χ3v) is 6.91. The molecule has 2 aromatic carbocycles. The number of carbonyl (C=O) groups excluding carboxylic acids is 1. The molecule has 2 aromatic heterocycles. The molecule has 0 spiro atoms. The molecule has 10 nitrogen and oxygen atoms in total. The third kappa shape index (κ3) is 4.90. The minimum Gasteiger partial charge on any atom is -0.494 e. The first-order valence-electron chi connectivity index (χ1n) is 12.5. The normalized spacial score (nSPS) is 15.2. The number of aryl methyl sites for hydroxylation is 1. The molecule has 0 aliphatic carbocycles. The van der Waals surface area contributed by atoms with Crippen LogP contribution in [-0.2, 0) is 11.8 Å². The highest BCUT2D eigenvalue weighted by molar-refractivity contribution is 6.02. The average molecular weight is 513 g/mol. The molecule has 5 rings (SSSR count). The number of nitrogens with zero attached hydrogens (tertiary/aromatic N) is 6. The first-order chi connectivity index (χ1) is 18.4. The van der Waals surface area contributed by atoms with E-state index in [0.717, 1.165) is 42.1 Å². The van der Waals surface area contributed by atoms with E-state index in [-0.39, 0.29) is 5.91 Å². The fourth-order valence-electron chi connectivity index (χ4n) is 4.80. The fraction of sp³-hybridized carbons (Fsp3) is 0.286. The maximum Gasteiger partial charge on any atom is 0.247 e. The van der Waals surface area contributed by atoms with Crippen molar-refractivity contribution in [2.24, 2.45) is 7.05 Å². The summed E-state index contributed by atoms with van der Waals surface area (Å²) < 4.78 is 7.76. The molecule has 2 N–H and O–H groups in total. The minimum absolute atomic E-state index is 0.286. The number of anilines is 4. The Morgan fingerprint density at radius 3 is 2.71 bits per heavy atom. The summed E-state index contributed by atoms with van der Waals surface area (Å²) in [5.41, 5.74) is 4.78. The lowest BCUT2D eigenvalue weighted by Gasteiger charge is -2.25. The molecule has 38 heavy (non-hydrogen) atoms. The van der Waals surface area contributed by atoms with Crippen molar-refractivity contribution >= 4 is 40.0 Å². The number of hydrogen-bond donors (Lipinski definition) is 2. The SMILES string of the molecule is C=CC(=O)Nc1cc(Nc2nccc(-c3nc4ccccc4n3C)n2)c(OC)cc1N1CC[C@H](N(C)C)C1. The van der Waals surface area contributed by atoms with E-state index in [9.17, 15) is 4.79 Å². The number of nitrogens with one attached hydrogen (secondary N) is 2. The zero-order valence-corrected chi connectivity index (χ0v) is 22.1. The number of methoxy groups -OCH3 is 1. The van der Waals surface area contributed by atoms with E-state index >= 15 is 0 Å². The zero-order valence-electron chi connectivity index (χ0n) is 22.1. The molecule has 0 saturated carbocycles. The maximum absolute atomic E-state index is 12.3. The molecule has 4 aromatic rings. The smallest absolute Gasteiger partial charge is 0.247 e. The van der Waals surface area contributed by atoms with E-state index in [1.165, 1.54) is 6.08 Å². The lowest BCUT2D eigenvalue weighted by atomic mass is 10.2. The average Bonchev–Trinajstić information content (AvgIpc) is 3.55. The van der Waals surface area contributed by atoms with Crippen LogP contribution in [0.5, 0.6) is 5.75 Å². The van der Waals surface area contributed by atoms with Crippen molar-refractivity contribution in [3.05, 3.63) is 61.3 Å². The highest BCUT2D eigenvalue weighted by Gasteiger charge is 2.27. The predicted molar refractivity (Wildman–Crippen MR) is 151 cm³/mol. The van der Waals surface area contributed by atoms with Crippen LogP contribution >= 0.6 is 0 Å². The monoisotopic (exact) mass is 512 g/mol. The number of aromatic nitrogens is 4. The summed E-state index contributed by atoms with van der Waals surface area (Å²) in [5, 5.41) is 6.23. The molecular formula is C28H32N8O2. The van der Waals surface area contributed by atoms with Crippen molar-refractivity contribution in [2.45, 2.75) is 12.5 Å². The van der Waals surface area contributed by atoms with Crippen LogP contribution in [0, 0.1) is 0 Å². The summed E-state index contributed by atoms with van der Waals surface area (Å²) in [5.74, 6) is 1.45. The van der Waals surface area contributed by atoms with Crippen molar-refractivity contribution < 1.29 is 9.53 Å². The van der Waals surface area contributed by atoms with Crippen molar-refractivity contribution in [3.8, 4) is 17.3 Å². The number of imidazole rings is 1. The minimum atomic E-state index is -0.286. The molecule has 0 unspecified atom stereocenters. The zero-order chi connectivity index (χ0) is 26.8. The Labute approximate surface area is 222 Å². The number of carbonyl (C=O) groups is 1. The first-order valence-corrected chi connectivity index (χ1v) is 12.5. The molecule has 10 heteroatoms. The number of hydrogen-bond acceptors (Lipinski definition) is 8. The van der Waals surface area contributed by atoms with Gasteiger partial charge in [-0.1, -0.05) is 18.7 Å². The summed E-state index contributed by atoms with van der Waals surface area (Å²) in [7, 11) is 7.76. The fourth-order valence-corrected chi connectivity index (χ4v) is 4.80. The molecule has 1 amide bonds. The molecule has 1 fully saturated rings. The number of ether oxygens (including phenoxy) is 1. The maximum atomic E-state index is 12.3. The molecule has 0 radical (unpaired) electrons. The molecule has 0 bridgehead atoms. The van der Waals surface area contributed by atoms with Gasteiger partial charge in [-0.3, -0.25) is 4.79 Å². The number of rotatable bonds is 8. The van der Waals surface area contributed by atoms with E-state index in [1.54, 1.807) is 13.3 Å². The standard InChI is InChI=1S/C28H32N8O2/c1-6-26(37)30-21-15-22(25(38-5)16-24(21)36-14-12-18(17-36)34(2)3)33-28-29-13-11-20(32-28)27-31-19-9-7-8-10-23(19)35(27)4/h6-11,13,15-16,18H,1,12,14,17H2,2-5H3,(H,30,37)(H,29,32,33)/t18-/m0/s1. The van der Waals surface area contributed by atoms with Crippen LogP contribution in [0.4, 0.5) is 23.0 Å². The predicted octanol–water partition coefficient (Wildman–Crippen LogP) is 4.05. The second kappa shape index (κ2) is 10.5. The molecule has 3 heterocycles. The summed E-state index contributed by atoms with van der Waals surface area (Å²) in [6, 6.07) is 14.0. The van der Waals surface area contributed by atoms with Crippen molar-refractivity contribution in [2.75, 3.05) is 49.8 Å². The Kier molecular flexibility index (Phi) is 6.97. The number of likely N-dealkylation sites (N-methyl/N-ethyl adjacent to an activating group) is 1. The van der Waals surface area contributed by atoms with Gasteiger partial charge in [0.25, 0.3) is 0 Å². The van der Waals surface area contributed by atoms with Crippen LogP contribution in [0.2, 0.25) is 0 Å². The Morgan fingerprint density at radius 2 is 2.00 bits per heavy atom. The van der Waals surface area contributed by atoms with Gasteiger partial charge in [-0.05, 0) is 50.9 Å². The summed E-state index contributed by atoms with van der Waals surface area (Å²) in [6.07, 6.45) is 3.99. The summed E-state index contributed by atoms with van der Waals surface area (Å²) in [6.45, 7) is 5.33. The van der Waals surface area contributed by atoms with Gasteiger partial charge >= 0.3 is 0 Å². The van der Waals surface area contributed by atoms with Crippen LogP contribution in [0.1, 0.15) is 6.42 Å². The Hall–Kier alpha value is -4.44. The second-order valence-electron chi connectivity index (χ2n) is 9.49. The molecule has 1 saturated heterocycles.